The van der Waals surface area contributed by atoms with E-state index in [9.17, 15) is 0 Å². The van der Waals surface area contributed by atoms with E-state index < -0.39 is 0 Å². The van der Waals surface area contributed by atoms with E-state index in [4.69, 9.17) is 9.47 Å². The van der Waals surface area contributed by atoms with Gasteiger partial charge in [0.1, 0.15) is 12.4 Å². The average Bonchev–Trinajstić information content (AvgIpc) is 3.13. The second kappa shape index (κ2) is 6.85. The highest BCUT2D eigenvalue weighted by molar-refractivity contribution is 5.15. The molecular formula is C15H21N5O2. The summed E-state index contributed by atoms with van der Waals surface area (Å²) in [4.78, 5) is 6.43. The van der Waals surface area contributed by atoms with E-state index in [-0.39, 0.29) is 6.10 Å². The molecule has 0 bridgehead atoms. The molecule has 2 aromatic rings. The zero-order valence-electron chi connectivity index (χ0n) is 12.9. The minimum atomic E-state index is 0.240. The molecule has 0 radical (unpaired) electrons. The van der Waals surface area contributed by atoms with Gasteiger partial charge in [0.2, 0.25) is 0 Å². The third-order valence-electron chi connectivity index (χ3n) is 4.07. The Morgan fingerprint density at radius 1 is 1.36 bits per heavy atom. The van der Waals surface area contributed by atoms with Crippen molar-refractivity contribution in [2.45, 2.75) is 25.1 Å². The smallest absolute Gasteiger partial charge is 0.137 e. The molecule has 3 heterocycles. The molecule has 22 heavy (non-hydrogen) atoms. The lowest BCUT2D eigenvalue weighted by atomic mass is 10.2. The summed E-state index contributed by atoms with van der Waals surface area (Å²) in [5.41, 5.74) is 1.09. The lowest BCUT2D eigenvalue weighted by Crippen LogP contribution is -2.34. The maximum absolute atomic E-state index is 5.86. The van der Waals surface area contributed by atoms with E-state index in [2.05, 4.69) is 20.2 Å². The Hall–Kier alpha value is -1.99. The highest BCUT2D eigenvalue weighted by Crippen LogP contribution is 2.23. The molecule has 2 atom stereocenters. The fourth-order valence-corrected chi connectivity index (χ4v) is 2.76. The van der Waals surface area contributed by atoms with Crippen molar-refractivity contribution in [3.63, 3.8) is 0 Å². The van der Waals surface area contributed by atoms with Crippen LogP contribution < -0.4 is 4.74 Å². The summed E-state index contributed by atoms with van der Waals surface area (Å²) in [5.74, 6) is 0.797. The molecular weight excluding hydrogens is 282 g/mol. The van der Waals surface area contributed by atoms with E-state index in [1.807, 2.05) is 19.2 Å². The summed E-state index contributed by atoms with van der Waals surface area (Å²) in [7, 11) is 3.67. The Labute approximate surface area is 129 Å². The van der Waals surface area contributed by atoms with Crippen LogP contribution in [0.2, 0.25) is 0 Å². The van der Waals surface area contributed by atoms with Crippen LogP contribution in [-0.4, -0.2) is 57.3 Å². The first-order valence-electron chi connectivity index (χ1n) is 7.39. The van der Waals surface area contributed by atoms with Crippen molar-refractivity contribution < 1.29 is 9.47 Å². The Balaban J connectivity index is 1.63. The van der Waals surface area contributed by atoms with Crippen LogP contribution in [0.1, 0.15) is 12.1 Å². The number of rotatable bonds is 6. The van der Waals surface area contributed by atoms with E-state index in [1.54, 1.807) is 30.4 Å². The van der Waals surface area contributed by atoms with E-state index in [0.717, 1.165) is 31.0 Å². The van der Waals surface area contributed by atoms with Crippen molar-refractivity contribution in [1.29, 1.82) is 0 Å². The van der Waals surface area contributed by atoms with Crippen molar-refractivity contribution >= 4 is 0 Å². The monoisotopic (exact) mass is 303 g/mol. The number of pyridine rings is 1. The third-order valence-corrected chi connectivity index (χ3v) is 4.07. The molecule has 3 rings (SSSR count). The number of nitrogens with zero attached hydrogens (tertiary/aromatic N) is 5. The minimum Gasteiger partial charge on any atom is -0.490 e. The van der Waals surface area contributed by atoms with Crippen molar-refractivity contribution in [3.8, 4) is 5.75 Å². The van der Waals surface area contributed by atoms with Gasteiger partial charge in [0.05, 0.1) is 24.2 Å². The third kappa shape index (κ3) is 3.42. The maximum Gasteiger partial charge on any atom is 0.137 e. The Morgan fingerprint density at radius 2 is 2.27 bits per heavy atom. The Bertz CT molecular complexity index is 589. The molecule has 0 amide bonds. The minimum absolute atomic E-state index is 0.240. The van der Waals surface area contributed by atoms with Gasteiger partial charge in [-0.2, -0.15) is 0 Å². The molecule has 2 aromatic heterocycles. The van der Waals surface area contributed by atoms with Gasteiger partial charge in [-0.15, -0.1) is 5.10 Å². The fraction of sp³-hybridized carbons (Fsp3) is 0.533. The van der Waals surface area contributed by atoms with Crippen LogP contribution in [-0.2, 0) is 18.3 Å². The largest absolute Gasteiger partial charge is 0.490 e. The van der Waals surface area contributed by atoms with Crippen LogP contribution in [0.25, 0.3) is 0 Å². The number of aromatic nitrogens is 4. The first-order chi connectivity index (χ1) is 10.8. The molecule has 0 N–H and O–H groups in total. The topological polar surface area (TPSA) is 65.3 Å². The first kappa shape index (κ1) is 14.9. The average molecular weight is 303 g/mol. The molecule has 1 saturated heterocycles. The summed E-state index contributed by atoms with van der Waals surface area (Å²) >= 11 is 0. The summed E-state index contributed by atoms with van der Waals surface area (Å²) in [6.07, 6.45) is 6.48. The molecule has 7 nitrogen and oxygen atoms in total. The number of hydrogen-bond donors (Lipinski definition) is 0. The highest BCUT2D eigenvalue weighted by atomic mass is 16.5. The van der Waals surface area contributed by atoms with Crippen molar-refractivity contribution in [2.75, 3.05) is 20.3 Å². The SMILES string of the molecule is CO[C@@H]1C[C@@H](COc2cccnc2)N(Cc2cnnn2C)C1. The zero-order valence-corrected chi connectivity index (χ0v) is 12.9. The second-order valence-corrected chi connectivity index (χ2v) is 5.53. The maximum atomic E-state index is 5.86. The van der Waals surface area contributed by atoms with Crippen LogP contribution in [0.4, 0.5) is 0 Å². The molecule has 1 fully saturated rings. The molecule has 118 valence electrons. The zero-order chi connectivity index (χ0) is 15.4. The number of hydrogen-bond acceptors (Lipinski definition) is 6. The molecule has 0 aromatic carbocycles. The van der Waals surface area contributed by atoms with Gasteiger partial charge in [0.15, 0.2) is 0 Å². The number of ether oxygens (including phenoxy) is 2. The van der Waals surface area contributed by atoms with E-state index >= 15 is 0 Å². The van der Waals surface area contributed by atoms with Gasteiger partial charge in [-0.3, -0.25) is 14.6 Å². The normalized spacial score (nSPS) is 22.1. The van der Waals surface area contributed by atoms with Gasteiger partial charge in [-0.05, 0) is 18.6 Å². The molecule has 0 aliphatic carbocycles. The van der Waals surface area contributed by atoms with Gasteiger partial charge in [0, 0.05) is 39.5 Å². The molecule has 1 aliphatic rings. The van der Waals surface area contributed by atoms with Crippen molar-refractivity contribution in [2.24, 2.45) is 7.05 Å². The summed E-state index contributed by atoms with van der Waals surface area (Å²) in [6, 6.07) is 4.10. The van der Waals surface area contributed by atoms with E-state index in [0.29, 0.717) is 12.6 Å². The highest BCUT2D eigenvalue weighted by Gasteiger charge is 2.33. The lowest BCUT2D eigenvalue weighted by molar-refractivity contribution is 0.107. The van der Waals surface area contributed by atoms with Gasteiger partial charge in [-0.25, -0.2) is 0 Å². The molecule has 0 saturated carbocycles. The fourth-order valence-electron chi connectivity index (χ4n) is 2.76. The van der Waals surface area contributed by atoms with Crippen LogP contribution in [0, 0.1) is 0 Å². The molecule has 0 spiro atoms. The number of likely N-dealkylation sites (tertiary alicyclic amines) is 1. The van der Waals surface area contributed by atoms with Gasteiger partial charge in [-0.1, -0.05) is 5.21 Å². The van der Waals surface area contributed by atoms with Crippen molar-refractivity contribution in [3.05, 3.63) is 36.4 Å². The van der Waals surface area contributed by atoms with Gasteiger partial charge >= 0.3 is 0 Å². The number of methoxy groups -OCH3 is 1. The summed E-state index contributed by atoms with van der Waals surface area (Å²) in [6.45, 7) is 2.31. The Morgan fingerprint density at radius 3 is 2.95 bits per heavy atom. The second-order valence-electron chi connectivity index (χ2n) is 5.53. The summed E-state index contributed by atoms with van der Waals surface area (Å²) < 4.78 is 13.2. The Kier molecular flexibility index (Phi) is 4.65. The number of aryl methyl sites for hydroxylation is 1. The predicted octanol–water partition coefficient (Wildman–Crippen LogP) is 0.878. The molecule has 0 unspecified atom stereocenters. The standard InChI is InChI=1S/C15H21N5O2/c1-19-13(7-17-18-19)9-20-10-15(21-2)6-12(20)11-22-14-4-3-5-16-8-14/h3-5,7-8,12,15H,6,9-11H2,1-2H3/t12-,15+/m0/s1. The van der Waals surface area contributed by atoms with Crippen molar-refractivity contribution in [1.82, 2.24) is 24.9 Å². The molecule has 7 heteroatoms. The van der Waals surface area contributed by atoms with Crippen LogP contribution in [0.3, 0.4) is 0 Å². The van der Waals surface area contributed by atoms with Gasteiger partial charge in [0.25, 0.3) is 0 Å². The first-order valence-corrected chi connectivity index (χ1v) is 7.39. The summed E-state index contributed by atoms with van der Waals surface area (Å²) in [5, 5.41) is 7.92. The van der Waals surface area contributed by atoms with E-state index in [1.165, 1.54) is 0 Å². The van der Waals surface area contributed by atoms with Crippen LogP contribution >= 0.6 is 0 Å². The van der Waals surface area contributed by atoms with Crippen LogP contribution in [0.5, 0.6) is 5.75 Å². The predicted molar refractivity (Wildman–Crippen MR) is 80.3 cm³/mol. The molecule has 1 aliphatic heterocycles. The van der Waals surface area contributed by atoms with Crippen LogP contribution in [0.15, 0.2) is 30.7 Å². The van der Waals surface area contributed by atoms with Gasteiger partial charge < -0.3 is 9.47 Å². The quantitative estimate of drug-likeness (QED) is 0.789. The lowest BCUT2D eigenvalue weighted by Gasteiger charge is -2.23.